The Morgan fingerprint density at radius 2 is 1.88 bits per heavy atom. The maximum absolute atomic E-state index is 11.6. The maximum atomic E-state index is 11.6. The second-order valence-electron chi connectivity index (χ2n) is 3.87. The number of carbonyl (C=O) groups excluding carboxylic acids is 1. The number of hydrogen-bond acceptors (Lipinski definition) is 4. The topological polar surface area (TPSA) is 58.6 Å². The minimum Gasteiger partial charge on any atom is -0.508 e. The number of carbonyl (C=O) groups is 1. The summed E-state index contributed by atoms with van der Waals surface area (Å²) in [6, 6.07) is 6.17. The van der Waals surface area contributed by atoms with Crippen LogP contribution in [0.1, 0.15) is 25.5 Å². The molecule has 4 heteroatoms. The van der Waals surface area contributed by atoms with E-state index in [-0.39, 0.29) is 17.8 Å². The number of hydrogen-bond donors (Lipinski definition) is 2. The van der Waals surface area contributed by atoms with Crippen LogP contribution in [0.25, 0.3) is 0 Å². The zero-order chi connectivity index (χ0) is 12.1. The molecule has 1 aromatic rings. The van der Waals surface area contributed by atoms with Gasteiger partial charge in [0.25, 0.3) is 0 Å². The Morgan fingerprint density at radius 3 is 2.31 bits per heavy atom. The third-order valence-electron chi connectivity index (χ3n) is 2.16. The highest BCUT2D eigenvalue weighted by molar-refractivity contribution is 5.77. The normalized spacial score (nSPS) is 12.5. The van der Waals surface area contributed by atoms with Crippen molar-refractivity contribution in [2.24, 2.45) is 0 Å². The largest absolute Gasteiger partial charge is 0.508 e. The lowest BCUT2D eigenvalue weighted by Gasteiger charge is -2.19. The van der Waals surface area contributed by atoms with Gasteiger partial charge >= 0.3 is 5.97 Å². The van der Waals surface area contributed by atoms with E-state index in [1.54, 1.807) is 24.3 Å². The number of aromatic hydroxyl groups is 1. The molecule has 16 heavy (non-hydrogen) atoms. The Morgan fingerprint density at radius 1 is 1.31 bits per heavy atom. The number of rotatable bonds is 4. The van der Waals surface area contributed by atoms with Crippen molar-refractivity contribution < 1.29 is 14.6 Å². The van der Waals surface area contributed by atoms with Gasteiger partial charge < -0.3 is 9.84 Å². The molecule has 1 rings (SSSR count). The summed E-state index contributed by atoms with van der Waals surface area (Å²) in [4.78, 5) is 11.6. The molecule has 88 valence electrons. The van der Waals surface area contributed by atoms with Gasteiger partial charge in [-0.2, -0.15) is 0 Å². The molecular weight excluding hydrogens is 206 g/mol. The quantitative estimate of drug-likeness (QED) is 0.761. The summed E-state index contributed by atoms with van der Waals surface area (Å²) in [7, 11) is 1.36. The van der Waals surface area contributed by atoms with Gasteiger partial charge in [-0.1, -0.05) is 12.1 Å². The molecule has 0 fully saturated rings. The number of phenolic OH excluding ortho intramolecular Hbond substituents is 1. The van der Waals surface area contributed by atoms with Crippen molar-refractivity contribution in [1.82, 2.24) is 5.32 Å². The highest BCUT2D eigenvalue weighted by atomic mass is 16.5. The Kier molecular flexibility index (Phi) is 4.31. The summed E-state index contributed by atoms with van der Waals surface area (Å²) in [5.74, 6) is -0.156. The molecular formula is C12H17NO3. The molecule has 0 saturated carbocycles. The van der Waals surface area contributed by atoms with Crippen molar-refractivity contribution in [1.29, 1.82) is 0 Å². The summed E-state index contributed by atoms with van der Waals surface area (Å²) >= 11 is 0. The van der Waals surface area contributed by atoms with Crippen molar-refractivity contribution in [3.8, 4) is 5.75 Å². The zero-order valence-corrected chi connectivity index (χ0v) is 9.73. The van der Waals surface area contributed by atoms with Crippen LogP contribution in [-0.2, 0) is 9.53 Å². The molecule has 0 saturated heterocycles. The van der Waals surface area contributed by atoms with Crippen LogP contribution in [0.15, 0.2) is 24.3 Å². The lowest BCUT2D eigenvalue weighted by atomic mass is 10.1. The summed E-state index contributed by atoms with van der Waals surface area (Å²) in [5.41, 5.74) is 0.776. The van der Waals surface area contributed by atoms with Gasteiger partial charge in [0, 0.05) is 6.04 Å². The van der Waals surface area contributed by atoms with Crippen molar-refractivity contribution in [2.75, 3.05) is 7.11 Å². The Balaban J connectivity index is 2.91. The van der Waals surface area contributed by atoms with Crippen LogP contribution in [-0.4, -0.2) is 24.2 Å². The molecule has 1 unspecified atom stereocenters. The fourth-order valence-electron chi connectivity index (χ4n) is 1.42. The van der Waals surface area contributed by atoms with E-state index < -0.39 is 6.04 Å². The monoisotopic (exact) mass is 223 g/mol. The molecule has 0 heterocycles. The highest BCUT2D eigenvalue weighted by Crippen LogP contribution is 2.18. The molecule has 0 aliphatic carbocycles. The highest BCUT2D eigenvalue weighted by Gasteiger charge is 2.21. The molecule has 0 radical (unpaired) electrons. The Bertz CT molecular complexity index is 346. The predicted molar refractivity (Wildman–Crippen MR) is 61.1 cm³/mol. The molecule has 2 N–H and O–H groups in total. The van der Waals surface area contributed by atoms with E-state index >= 15 is 0 Å². The fraction of sp³-hybridized carbons (Fsp3) is 0.417. The van der Waals surface area contributed by atoms with Crippen LogP contribution in [0, 0.1) is 0 Å². The van der Waals surface area contributed by atoms with Gasteiger partial charge in [0.15, 0.2) is 0 Å². The van der Waals surface area contributed by atoms with Crippen LogP contribution in [0.3, 0.4) is 0 Å². The molecule has 0 aromatic heterocycles. The molecule has 1 aromatic carbocycles. The van der Waals surface area contributed by atoms with Crippen LogP contribution < -0.4 is 5.32 Å². The minimum atomic E-state index is -0.495. The second kappa shape index (κ2) is 5.51. The van der Waals surface area contributed by atoms with E-state index in [1.165, 1.54) is 7.11 Å². The Hall–Kier alpha value is -1.55. The van der Waals surface area contributed by atoms with Gasteiger partial charge in [0.05, 0.1) is 7.11 Å². The van der Waals surface area contributed by atoms with E-state index in [4.69, 9.17) is 4.74 Å². The fourth-order valence-corrected chi connectivity index (χ4v) is 1.42. The number of phenols is 1. The SMILES string of the molecule is COC(=O)C(NC(C)C)c1ccc(O)cc1. The molecule has 0 spiro atoms. The summed E-state index contributed by atoms with van der Waals surface area (Å²) < 4.78 is 4.73. The number of esters is 1. The first kappa shape index (κ1) is 12.5. The number of methoxy groups -OCH3 is 1. The van der Waals surface area contributed by atoms with Gasteiger partial charge in [-0.05, 0) is 31.5 Å². The third-order valence-corrected chi connectivity index (χ3v) is 2.16. The van der Waals surface area contributed by atoms with Crippen LogP contribution in [0.2, 0.25) is 0 Å². The average molecular weight is 223 g/mol. The summed E-state index contributed by atoms with van der Waals surface area (Å²) in [6.45, 7) is 3.91. The number of ether oxygens (including phenoxy) is 1. The first-order valence-corrected chi connectivity index (χ1v) is 5.17. The third kappa shape index (κ3) is 3.24. The van der Waals surface area contributed by atoms with E-state index in [9.17, 15) is 9.90 Å². The molecule has 4 nitrogen and oxygen atoms in total. The van der Waals surface area contributed by atoms with Gasteiger partial charge in [-0.15, -0.1) is 0 Å². The van der Waals surface area contributed by atoms with Gasteiger partial charge in [0.1, 0.15) is 11.8 Å². The molecule has 0 bridgehead atoms. The standard InChI is InChI=1S/C12H17NO3/c1-8(2)13-11(12(15)16-3)9-4-6-10(14)7-5-9/h4-8,11,13-14H,1-3H3. The van der Waals surface area contributed by atoms with E-state index in [1.807, 2.05) is 13.8 Å². The van der Waals surface area contributed by atoms with Crippen molar-refractivity contribution >= 4 is 5.97 Å². The molecule has 1 atom stereocenters. The second-order valence-corrected chi connectivity index (χ2v) is 3.87. The van der Waals surface area contributed by atoms with Crippen molar-refractivity contribution in [2.45, 2.75) is 25.9 Å². The van der Waals surface area contributed by atoms with Crippen LogP contribution in [0.4, 0.5) is 0 Å². The lowest BCUT2D eigenvalue weighted by molar-refractivity contribution is -0.143. The molecule has 0 aliphatic heterocycles. The average Bonchev–Trinajstić information content (AvgIpc) is 2.26. The lowest BCUT2D eigenvalue weighted by Crippen LogP contribution is -2.34. The van der Waals surface area contributed by atoms with E-state index in [2.05, 4.69) is 5.32 Å². The zero-order valence-electron chi connectivity index (χ0n) is 9.73. The summed E-state index contributed by atoms with van der Waals surface area (Å²) in [5, 5.41) is 12.3. The maximum Gasteiger partial charge on any atom is 0.327 e. The number of benzene rings is 1. The van der Waals surface area contributed by atoms with Gasteiger partial charge in [-0.25, -0.2) is 4.79 Å². The van der Waals surface area contributed by atoms with Crippen molar-refractivity contribution in [3.63, 3.8) is 0 Å². The van der Waals surface area contributed by atoms with Crippen LogP contribution >= 0.6 is 0 Å². The van der Waals surface area contributed by atoms with E-state index in [0.717, 1.165) is 5.56 Å². The smallest absolute Gasteiger partial charge is 0.327 e. The minimum absolute atomic E-state index is 0.165. The van der Waals surface area contributed by atoms with Gasteiger partial charge in [0.2, 0.25) is 0 Å². The van der Waals surface area contributed by atoms with Crippen molar-refractivity contribution in [3.05, 3.63) is 29.8 Å². The number of nitrogens with one attached hydrogen (secondary N) is 1. The molecule has 0 amide bonds. The first-order chi connectivity index (χ1) is 7.54. The predicted octanol–water partition coefficient (Wildman–Crippen LogP) is 1.60. The first-order valence-electron chi connectivity index (χ1n) is 5.17. The van der Waals surface area contributed by atoms with Gasteiger partial charge in [-0.3, -0.25) is 5.32 Å². The van der Waals surface area contributed by atoms with Crippen LogP contribution in [0.5, 0.6) is 5.75 Å². The Labute approximate surface area is 95.2 Å². The molecule has 0 aliphatic rings. The summed E-state index contributed by atoms with van der Waals surface area (Å²) in [6.07, 6.45) is 0. The van der Waals surface area contributed by atoms with E-state index in [0.29, 0.717) is 0 Å².